The molecule has 2 N–H and O–H groups in total. The molecule has 1 saturated heterocycles. The predicted molar refractivity (Wildman–Crippen MR) is 94.0 cm³/mol. The summed E-state index contributed by atoms with van der Waals surface area (Å²) in [4.78, 5) is 14.2. The third-order valence-corrected chi connectivity index (χ3v) is 5.11. The minimum atomic E-state index is -1.35. The number of likely N-dealkylation sites (tertiary alicyclic amines) is 1. The van der Waals surface area contributed by atoms with Gasteiger partial charge < -0.3 is 10.2 Å². The molecule has 6 nitrogen and oxygen atoms in total. The summed E-state index contributed by atoms with van der Waals surface area (Å²) in [7, 11) is 0. The number of benzene rings is 1. The Balaban J connectivity index is 1.81. The number of aromatic nitrogens is 2. The zero-order valence-electron chi connectivity index (χ0n) is 14.8. The third-order valence-electron chi connectivity index (χ3n) is 5.11. The molecule has 0 saturated carbocycles. The molecule has 1 aromatic carbocycles. The number of hydrogen-bond donors (Lipinski definition) is 2. The highest BCUT2D eigenvalue weighted by Gasteiger charge is 2.49. The first kappa shape index (κ1) is 18.5. The lowest BCUT2D eigenvalue weighted by molar-refractivity contribution is -0.163. The van der Waals surface area contributed by atoms with Crippen molar-refractivity contribution in [2.45, 2.75) is 39.0 Å². The Bertz CT molecular complexity index is 779. The fourth-order valence-electron chi connectivity index (χ4n) is 3.69. The number of carbonyl (C=O) groups is 1. The molecular weight excluding hydrogens is 337 g/mol. The maximum absolute atomic E-state index is 13.5. The zero-order valence-corrected chi connectivity index (χ0v) is 14.8. The van der Waals surface area contributed by atoms with Crippen molar-refractivity contribution in [2.24, 2.45) is 5.41 Å². The highest BCUT2D eigenvalue weighted by Crippen LogP contribution is 2.35. The number of rotatable bonds is 6. The first-order valence-corrected chi connectivity index (χ1v) is 8.82. The maximum atomic E-state index is 13.5. The Morgan fingerprint density at radius 3 is 2.88 bits per heavy atom. The van der Waals surface area contributed by atoms with Crippen LogP contribution in [0.15, 0.2) is 36.7 Å². The van der Waals surface area contributed by atoms with Gasteiger partial charge in [0.2, 0.25) is 0 Å². The number of carboxylic acids is 1. The summed E-state index contributed by atoms with van der Waals surface area (Å²) in [6.07, 6.45) is 3.21. The molecule has 7 heteroatoms. The molecule has 26 heavy (non-hydrogen) atoms. The molecule has 140 valence electrons. The summed E-state index contributed by atoms with van der Waals surface area (Å²) in [5.74, 6) is -1.46. The smallest absolute Gasteiger partial charge is 0.313 e. The molecule has 0 unspecified atom stereocenters. The first-order chi connectivity index (χ1) is 12.4. The van der Waals surface area contributed by atoms with Gasteiger partial charge in [0, 0.05) is 37.9 Å². The van der Waals surface area contributed by atoms with Gasteiger partial charge in [-0.1, -0.05) is 12.1 Å². The van der Waals surface area contributed by atoms with Crippen LogP contribution >= 0.6 is 0 Å². The zero-order chi connectivity index (χ0) is 18.7. The Kier molecular flexibility index (Phi) is 5.38. The largest absolute Gasteiger partial charge is 0.481 e. The fraction of sp³-hybridized carbons (Fsp3) is 0.474. The van der Waals surface area contributed by atoms with E-state index in [0.29, 0.717) is 25.1 Å². The molecule has 0 spiro atoms. The predicted octanol–water partition coefficient (Wildman–Crippen LogP) is 1.92. The molecule has 0 amide bonds. The second kappa shape index (κ2) is 7.55. The fourth-order valence-corrected chi connectivity index (χ4v) is 3.69. The number of aliphatic hydroxyl groups is 1. The van der Waals surface area contributed by atoms with Gasteiger partial charge in [-0.15, -0.1) is 0 Å². The highest BCUT2D eigenvalue weighted by molar-refractivity contribution is 5.76. The summed E-state index contributed by atoms with van der Waals surface area (Å²) in [5, 5.41) is 24.7. The lowest BCUT2D eigenvalue weighted by Gasteiger charge is -2.43. The van der Waals surface area contributed by atoms with Gasteiger partial charge in [-0.3, -0.25) is 14.4 Å². The number of carboxylic acid groups (broad SMARTS) is 1. The van der Waals surface area contributed by atoms with Gasteiger partial charge >= 0.3 is 5.97 Å². The highest BCUT2D eigenvalue weighted by atomic mass is 19.1. The van der Waals surface area contributed by atoms with Gasteiger partial charge in [0.1, 0.15) is 11.2 Å². The van der Waals surface area contributed by atoms with Crippen LogP contribution in [0, 0.1) is 11.2 Å². The SMILES string of the molecule is CCn1cc(CN2CC[C@@H](O)[C@](Cc3cccc(F)c3)(C(=O)O)C2)cn1. The van der Waals surface area contributed by atoms with E-state index in [1.165, 1.54) is 12.1 Å². The van der Waals surface area contributed by atoms with Crippen molar-refractivity contribution < 1.29 is 19.4 Å². The Labute approximate surface area is 151 Å². The molecule has 2 aromatic rings. The summed E-state index contributed by atoms with van der Waals surface area (Å²) < 4.78 is 15.3. The molecule has 3 rings (SSSR count). The van der Waals surface area contributed by atoms with E-state index in [1.807, 2.05) is 22.7 Å². The van der Waals surface area contributed by atoms with Crippen LogP contribution in [0.3, 0.4) is 0 Å². The molecule has 1 aromatic heterocycles. The number of aliphatic carboxylic acids is 1. The van der Waals surface area contributed by atoms with Crippen molar-refractivity contribution in [3.8, 4) is 0 Å². The molecule has 1 aliphatic rings. The first-order valence-electron chi connectivity index (χ1n) is 8.82. The van der Waals surface area contributed by atoms with Crippen LogP contribution in [0.5, 0.6) is 0 Å². The Morgan fingerprint density at radius 1 is 1.42 bits per heavy atom. The molecule has 1 fully saturated rings. The summed E-state index contributed by atoms with van der Waals surface area (Å²) >= 11 is 0. The lowest BCUT2D eigenvalue weighted by atomic mass is 9.72. The van der Waals surface area contributed by atoms with E-state index in [9.17, 15) is 19.4 Å². The standard InChI is InChI=1S/C19H24FN3O3/c1-2-23-12-15(10-21-23)11-22-7-6-17(24)19(13-22,18(25)26)9-14-4-3-5-16(20)8-14/h3-5,8,10,12,17,24H,2,6-7,9,11,13H2,1H3,(H,25,26)/t17-,19-/m1/s1. The second-order valence-corrected chi connectivity index (χ2v) is 6.99. The van der Waals surface area contributed by atoms with Gasteiger partial charge in [-0.2, -0.15) is 5.10 Å². The Hall–Kier alpha value is -2.25. The van der Waals surface area contributed by atoms with E-state index in [2.05, 4.69) is 5.10 Å². The van der Waals surface area contributed by atoms with Crippen LogP contribution in [0.1, 0.15) is 24.5 Å². The summed E-state index contributed by atoms with van der Waals surface area (Å²) in [5.41, 5.74) is 0.229. The normalized spacial score (nSPS) is 23.9. The second-order valence-electron chi connectivity index (χ2n) is 6.99. The van der Waals surface area contributed by atoms with Gasteiger partial charge in [0.25, 0.3) is 0 Å². The van der Waals surface area contributed by atoms with E-state index in [4.69, 9.17) is 0 Å². The van der Waals surface area contributed by atoms with E-state index < -0.39 is 23.3 Å². The summed E-state index contributed by atoms with van der Waals surface area (Å²) in [6, 6.07) is 5.92. The van der Waals surface area contributed by atoms with Crippen molar-refractivity contribution in [2.75, 3.05) is 13.1 Å². The quantitative estimate of drug-likeness (QED) is 0.822. The molecule has 2 heterocycles. The minimum Gasteiger partial charge on any atom is -0.481 e. The van der Waals surface area contributed by atoms with E-state index in [-0.39, 0.29) is 13.0 Å². The average Bonchev–Trinajstić information content (AvgIpc) is 3.05. The van der Waals surface area contributed by atoms with Crippen molar-refractivity contribution in [3.05, 3.63) is 53.6 Å². The van der Waals surface area contributed by atoms with E-state index >= 15 is 0 Å². The van der Waals surface area contributed by atoms with Crippen LogP contribution in [-0.4, -0.2) is 50.1 Å². The van der Waals surface area contributed by atoms with Crippen LogP contribution in [0.25, 0.3) is 0 Å². The molecular formula is C19H24FN3O3. The average molecular weight is 361 g/mol. The maximum Gasteiger partial charge on any atom is 0.313 e. The van der Waals surface area contributed by atoms with Gasteiger partial charge in [-0.05, 0) is 37.5 Å². The molecule has 0 bridgehead atoms. The van der Waals surface area contributed by atoms with Gasteiger partial charge in [-0.25, -0.2) is 4.39 Å². The third kappa shape index (κ3) is 3.78. The number of piperidine rings is 1. The lowest BCUT2D eigenvalue weighted by Crippen LogP contribution is -2.56. The van der Waals surface area contributed by atoms with Crippen molar-refractivity contribution in [1.29, 1.82) is 0 Å². The van der Waals surface area contributed by atoms with Gasteiger partial charge in [0.05, 0.1) is 12.3 Å². The monoisotopic (exact) mass is 361 g/mol. The van der Waals surface area contributed by atoms with Gasteiger partial charge in [0.15, 0.2) is 0 Å². The van der Waals surface area contributed by atoms with Crippen LogP contribution in [0.2, 0.25) is 0 Å². The number of nitrogens with zero attached hydrogens (tertiary/aromatic N) is 3. The van der Waals surface area contributed by atoms with Crippen LogP contribution in [-0.2, 0) is 24.3 Å². The summed E-state index contributed by atoms with van der Waals surface area (Å²) in [6.45, 7) is 4.17. The molecule has 1 aliphatic heterocycles. The topological polar surface area (TPSA) is 78.6 Å². The van der Waals surface area contributed by atoms with Crippen molar-refractivity contribution >= 4 is 5.97 Å². The van der Waals surface area contributed by atoms with E-state index in [0.717, 1.165) is 12.1 Å². The Morgan fingerprint density at radius 2 is 2.23 bits per heavy atom. The molecule has 2 atom stereocenters. The van der Waals surface area contributed by atoms with Crippen LogP contribution in [0.4, 0.5) is 4.39 Å². The number of halogens is 1. The van der Waals surface area contributed by atoms with Crippen LogP contribution < -0.4 is 0 Å². The number of aliphatic hydroxyl groups excluding tert-OH is 1. The van der Waals surface area contributed by atoms with E-state index in [1.54, 1.807) is 18.3 Å². The number of hydrogen-bond acceptors (Lipinski definition) is 4. The molecule has 0 aliphatic carbocycles. The van der Waals surface area contributed by atoms with Crippen molar-refractivity contribution in [3.63, 3.8) is 0 Å². The minimum absolute atomic E-state index is 0.0893. The van der Waals surface area contributed by atoms with Crippen molar-refractivity contribution in [1.82, 2.24) is 14.7 Å². The molecule has 0 radical (unpaired) electrons. The number of aryl methyl sites for hydroxylation is 1.